The number of allylic oxidation sites excluding steroid dienone is 10. The highest BCUT2D eigenvalue weighted by molar-refractivity contribution is 7.47. The summed E-state index contributed by atoms with van der Waals surface area (Å²) in [4.78, 5) is 34.7. The third-order valence-corrected chi connectivity index (χ3v) is 8.89. The minimum atomic E-state index is -4.39. The summed E-state index contributed by atoms with van der Waals surface area (Å²) in [6, 6.07) is 0. The number of unbranched alkanes of at least 4 members (excludes halogenated alkanes) is 14. The van der Waals surface area contributed by atoms with Crippen LogP contribution in [-0.2, 0) is 32.7 Å². The maximum Gasteiger partial charge on any atom is 0.472 e. The van der Waals surface area contributed by atoms with Crippen LogP contribution in [0, 0.1) is 0 Å². The predicted molar refractivity (Wildman–Crippen MR) is 210 cm³/mol. The first kappa shape index (κ1) is 48.7. The van der Waals surface area contributed by atoms with E-state index in [1.165, 1.54) is 44.9 Å². The van der Waals surface area contributed by atoms with Gasteiger partial charge in [0, 0.05) is 19.4 Å². The molecule has 10 heteroatoms. The summed E-state index contributed by atoms with van der Waals surface area (Å²) in [5, 5.41) is 0. The average molecular weight is 738 g/mol. The number of carbonyl (C=O) groups excluding carboxylic acids is 2. The molecule has 0 spiro atoms. The summed E-state index contributed by atoms with van der Waals surface area (Å²) in [6.07, 6.45) is 42.5. The Labute approximate surface area is 310 Å². The van der Waals surface area contributed by atoms with E-state index in [2.05, 4.69) is 74.6 Å². The molecule has 1 unspecified atom stereocenters. The molecule has 0 heterocycles. The lowest BCUT2D eigenvalue weighted by atomic mass is 10.1. The summed E-state index contributed by atoms with van der Waals surface area (Å²) >= 11 is 0. The van der Waals surface area contributed by atoms with Crippen molar-refractivity contribution >= 4 is 19.8 Å². The molecule has 0 saturated carbocycles. The second-order valence-corrected chi connectivity index (χ2v) is 14.3. The van der Waals surface area contributed by atoms with E-state index < -0.39 is 32.5 Å². The number of hydrogen-bond acceptors (Lipinski definition) is 8. The fourth-order valence-corrected chi connectivity index (χ4v) is 5.69. The molecule has 0 aliphatic heterocycles. The van der Waals surface area contributed by atoms with Crippen molar-refractivity contribution in [1.29, 1.82) is 0 Å². The average Bonchev–Trinajstić information content (AvgIpc) is 3.11. The van der Waals surface area contributed by atoms with E-state index in [4.69, 9.17) is 24.3 Å². The van der Waals surface area contributed by atoms with Crippen LogP contribution < -0.4 is 5.73 Å². The monoisotopic (exact) mass is 737 g/mol. The Hall–Kier alpha value is -2.29. The van der Waals surface area contributed by atoms with Gasteiger partial charge >= 0.3 is 19.8 Å². The van der Waals surface area contributed by atoms with Gasteiger partial charge in [-0.2, -0.15) is 0 Å². The highest BCUT2D eigenvalue weighted by Crippen LogP contribution is 2.43. The summed E-state index contributed by atoms with van der Waals surface area (Å²) in [5.41, 5.74) is 5.33. The number of nitrogens with two attached hydrogens (primary N) is 1. The van der Waals surface area contributed by atoms with Crippen molar-refractivity contribution in [2.75, 3.05) is 26.4 Å². The maximum atomic E-state index is 12.5. The quantitative estimate of drug-likeness (QED) is 0.0212. The zero-order valence-electron chi connectivity index (χ0n) is 32.1. The van der Waals surface area contributed by atoms with E-state index in [0.717, 1.165) is 70.6 Å². The van der Waals surface area contributed by atoms with Crippen LogP contribution in [0.5, 0.6) is 0 Å². The van der Waals surface area contributed by atoms with Crippen molar-refractivity contribution in [1.82, 2.24) is 0 Å². The van der Waals surface area contributed by atoms with Crippen LogP contribution in [0.3, 0.4) is 0 Å². The normalized spacial score (nSPS) is 14.0. The number of carbonyl (C=O) groups is 2. The van der Waals surface area contributed by atoms with Gasteiger partial charge in [-0.05, 0) is 77.0 Å². The first-order chi connectivity index (χ1) is 24.8. The molecule has 0 rings (SSSR count). The predicted octanol–water partition coefficient (Wildman–Crippen LogP) is 10.9. The Morgan fingerprint density at radius 3 is 1.71 bits per heavy atom. The molecule has 0 amide bonds. The molecule has 0 aromatic rings. The van der Waals surface area contributed by atoms with Gasteiger partial charge in [-0.25, -0.2) is 4.57 Å². The van der Waals surface area contributed by atoms with Crippen molar-refractivity contribution in [3.8, 4) is 0 Å². The SMILES string of the molecule is CCCCC/C=C/C/C=C/C/C=C/CCCCC(=O)OC[C@H](COP(=O)(O)OCCN)OC(=O)CCCCCCC/C=C/C=C/CCCCCC. The van der Waals surface area contributed by atoms with Crippen LogP contribution in [-0.4, -0.2) is 49.3 Å². The highest BCUT2D eigenvalue weighted by Gasteiger charge is 2.25. The van der Waals surface area contributed by atoms with Crippen LogP contribution in [0.25, 0.3) is 0 Å². The molecular formula is C41H72NO8P. The van der Waals surface area contributed by atoms with E-state index in [9.17, 15) is 19.0 Å². The molecular weight excluding hydrogens is 665 g/mol. The van der Waals surface area contributed by atoms with Crippen molar-refractivity contribution in [3.63, 3.8) is 0 Å². The Kier molecular flexibility index (Phi) is 35.8. The molecule has 0 aromatic carbocycles. The van der Waals surface area contributed by atoms with Crippen LogP contribution in [0.15, 0.2) is 60.8 Å². The first-order valence-corrected chi connectivity index (χ1v) is 21.3. The molecule has 294 valence electrons. The molecule has 0 aliphatic rings. The minimum absolute atomic E-state index is 0.0429. The lowest BCUT2D eigenvalue weighted by molar-refractivity contribution is -0.161. The molecule has 0 fully saturated rings. The molecule has 51 heavy (non-hydrogen) atoms. The van der Waals surface area contributed by atoms with Crippen molar-refractivity contribution < 1.29 is 37.6 Å². The van der Waals surface area contributed by atoms with E-state index >= 15 is 0 Å². The third kappa shape index (κ3) is 37.3. The zero-order valence-corrected chi connectivity index (χ0v) is 33.0. The number of phosphoric ester groups is 1. The van der Waals surface area contributed by atoms with E-state index in [1.807, 2.05) is 0 Å². The van der Waals surface area contributed by atoms with Gasteiger partial charge in [-0.15, -0.1) is 0 Å². The number of phosphoric acid groups is 1. The maximum absolute atomic E-state index is 12.5. The molecule has 0 saturated heterocycles. The molecule has 0 aromatic heterocycles. The zero-order chi connectivity index (χ0) is 37.5. The number of rotatable bonds is 36. The lowest BCUT2D eigenvalue weighted by Crippen LogP contribution is -2.29. The van der Waals surface area contributed by atoms with Crippen LogP contribution in [0.1, 0.15) is 155 Å². The number of esters is 2. The van der Waals surface area contributed by atoms with Crippen molar-refractivity contribution in [3.05, 3.63) is 60.8 Å². The van der Waals surface area contributed by atoms with Gasteiger partial charge in [0.2, 0.25) is 0 Å². The standard InChI is InChI=1S/C41H72NO8P/c1-3-5-7-9-11-13-15-17-19-21-23-25-27-29-31-33-40(43)47-37-39(38-49-51(45,46)48-36-35-42)50-41(44)34-32-30-28-26-24-22-20-18-16-14-12-10-8-6-4-2/h11,13-14,16-20,23,25,39H,3-10,12,15,21-22,24,26-38,42H2,1-2H3,(H,45,46)/b13-11+,16-14+,19-17+,20-18+,25-23+/t39-/m1/s1. The van der Waals surface area contributed by atoms with Crippen LogP contribution in [0.4, 0.5) is 0 Å². The second kappa shape index (κ2) is 37.5. The minimum Gasteiger partial charge on any atom is -0.462 e. The molecule has 0 bridgehead atoms. The summed E-state index contributed by atoms with van der Waals surface area (Å²) < 4.78 is 32.6. The smallest absolute Gasteiger partial charge is 0.462 e. The molecule has 0 radical (unpaired) electrons. The summed E-state index contributed by atoms with van der Waals surface area (Å²) in [7, 11) is -4.39. The Morgan fingerprint density at radius 1 is 0.608 bits per heavy atom. The van der Waals surface area contributed by atoms with Crippen LogP contribution in [0.2, 0.25) is 0 Å². The highest BCUT2D eigenvalue weighted by atomic mass is 31.2. The third-order valence-electron chi connectivity index (χ3n) is 7.90. The van der Waals surface area contributed by atoms with Crippen molar-refractivity contribution in [2.24, 2.45) is 5.73 Å². The fraction of sp³-hybridized carbons (Fsp3) is 0.707. The van der Waals surface area contributed by atoms with Gasteiger partial charge in [0.25, 0.3) is 0 Å². The first-order valence-electron chi connectivity index (χ1n) is 19.8. The molecule has 0 aliphatic carbocycles. The fourth-order valence-electron chi connectivity index (χ4n) is 4.92. The molecule has 2 atom stereocenters. The van der Waals surface area contributed by atoms with Crippen molar-refractivity contribution in [2.45, 2.75) is 161 Å². The van der Waals surface area contributed by atoms with E-state index in [1.54, 1.807) is 0 Å². The van der Waals surface area contributed by atoms with Gasteiger partial charge in [0.15, 0.2) is 6.10 Å². The summed E-state index contributed by atoms with van der Waals surface area (Å²) in [6.45, 7) is 3.59. The number of hydrogen-bond donors (Lipinski definition) is 2. The van der Waals surface area contributed by atoms with E-state index in [-0.39, 0.29) is 32.6 Å². The lowest BCUT2D eigenvalue weighted by Gasteiger charge is -2.19. The van der Waals surface area contributed by atoms with E-state index in [0.29, 0.717) is 12.8 Å². The van der Waals surface area contributed by atoms with Gasteiger partial charge in [-0.1, -0.05) is 126 Å². The van der Waals surface area contributed by atoms with Gasteiger partial charge in [-0.3, -0.25) is 18.6 Å². The Bertz CT molecular complexity index is 1020. The Morgan fingerprint density at radius 2 is 1.08 bits per heavy atom. The largest absolute Gasteiger partial charge is 0.472 e. The molecule has 9 nitrogen and oxygen atoms in total. The van der Waals surface area contributed by atoms with Gasteiger partial charge < -0.3 is 20.1 Å². The van der Waals surface area contributed by atoms with Gasteiger partial charge in [0.1, 0.15) is 6.61 Å². The molecule has 3 N–H and O–H groups in total. The number of ether oxygens (including phenoxy) is 2. The second-order valence-electron chi connectivity index (χ2n) is 12.8. The van der Waals surface area contributed by atoms with Crippen LogP contribution >= 0.6 is 7.82 Å². The topological polar surface area (TPSA) is 134 Å². The Balaban J connectivity index is 4.32. The summed E-state index contributed by atoms with van der Waals surface area (Å²) in [5.74, 6) is -0.897. The van der Waals surface area contributed by atoms with Gasteiger partial charge in [0.05, 0.1) is 13.2 Å².